The van der Waals surface area contributed by atoms with Crippen LogP contribution in [0.15, 0.2) is 66.9 Å². The van der Waals surface area contributed by atoms with Crippen LogP contribution in [0.25, 0.3) is 0 Å². The van der Waals surface area contributed by atoms with Crippen LogP contribution in [0.3, 0.4) is 0 Å². The molecule has 3 rings (SSSR count). The monoisotopic (exact) mass is 408 g/mol. The topological polar surface area (TPSA) is 25.2 Å². The summed E-state index contributed by atoms with van der Waals surface area (Å²) in [7, 11) is 0. The van der Waals surface area contributed by atoms with Crippen LogP contribution in [0.4, 0.5) is 0 Å². The summed E-state index contributed by atoms with van der Waals surface area (Å²) in [4.78, 5) is 15.3. The average Bonchev–Trinajstić information content (AvgIpc) is 3.12. The summed E-state index contributed by atoms with van der Waals surface area (Å²) in [6, 6.07) is 20.0. The van der Waals surface area contributed by atoms with E-state index in [-0.39, 0.29) is 11.9 Å². The molecule has 3 aromatic rings. The number of aromatic nitrogens is 1. The Morgan fingerprint density at radius 3 is 2.41 bits per heavy atom. The molecular weight excluding hydrogens is 380 g/mol. The van der Waals surface area contributed by atoms with Crippen molar-refractivity contribution >= 4 is 17.5 Å². The van der Waals surface area contributed by atoms with Gasteiger partial charge in [0.15, 0.2) is 0 Å². The van der Waals surface area contributed by atoms with Crippen molar-refractivity contribution in [2.45, 2.75) is 46.8 Å². The number of amides is 1. The van der Waals surface area contributed by atoms with E-state index in [0.717, 1.165) is 12.2 Å². The molecule has 0 fully saturated rings. The fourth-order valence-electron chi connectivity index (χ4n) is 3.45. The van der Waals surface area contributed by atoms with E-state index in [1.807, 2.05) is 4.90 Å². The summed E-state index contributed by atoms with van der Waals surface area (Å²) < 4.78 is 2.23. The van der Waals surface area contributed by atoms with Gasteiger partial charge < -0.3 is 9.47 Å². The van der Waals surface area contributed by atoms with Gasteiger partial charge in [0.2, 0.25) is 0 Å². The molecule has 1 amide bonds. The summed E-state index contributed by atoms with van der Waals surface area (Å²) in [5.41, 5.74) is 4.30. The van der Waals surface area contributed by atoms with Crippen molar-refractivity contribution in [1.29, 1.82) is 0 Å². The SMILES string of the molecule is Cc1cccc(Cn2cccc2CN(C(=O)c2ccc(Cl)cc2)[C@@H](C)C(C)C)c1. The fourth-order valence-corrected chi connectivity index (χ4v) is 3.57. The number of carbonyl (C=O) groups excluding carboxylic acids is 1. The average molecular weight is 409 g/mol. The van der Waals surface area contributed by atoms with Crippen LogP contribution >= 0.6 is 11.6 Å². The molecule has 1 heterocycles. The lowest BCUT2D eigenvalue weighted by atomic mass is 10.0. The third kappa shape index (κ3) is 5.30. The number of aryl methyl sites for hydroxylation is 1. The molecule has 0 unspecified atom stereocenters. The molecule has 4 heteroatoms. The Bertz CT molecular complexity index is 959. The number of rotatable bonds is 7. The highest BCUT2D eigenvalue weighted by Gasteiger charge is 2.25. The van der Waals surface area contributed by atoms with Gasteiger partial charge in [-0.15, -0.1) is 0 Å². The lowest BCUT2D eigenvalue weighted by Crippen LogP contribution is -2.41. The van der Waals surface area contributed by atoms with E-state index in [1.165, 1.54) is 11.1 Å². The van der Waals surface area contributed by atoms with Crippen LogP contribution in [-0.4, -0.2) is 21.4 Å². The Morgan fingerprint density at radius 2 is 1.76 bits per heavy atom. The van der Waals surface area contributed by atoms with Gasteiger partial charge in [-0.05, 0) is 61.7 Å². The Morgan fingerprint density at radius 1 is 1.03 bits per heavy atom. The first-order valence-electron chi connectivity index (χ1n) is 10.1. The van der Waals surface area contributed by atoms with E-state index in [4.69, 9.17) is 11.6 Å². The Kier molecular flexibility index (Phi) is 6.81. The van der Waals surface area contributed by atoms with Crippen LogP contribution in [0.5, 0.6) is 0 Å². The van der Waals surface area contributed by atoms with Crippen LogP contribution in [0, 0.1) is 12.8 Å². The lowest BCUT2D eigenvalue weighted by Gasteiger charge is -2.32. The van der Waals surface area contributed by atoms with E-state index in [0.29, 0.717) is 23.0 Å². The number of hydrogen-bond donors (Lipinski definition) is 0. The molecule has 1 aromatic heterocycles. The molecule has 0 N–H and O–H groups in total. The second-order valence-corrected chi connectivity index (χ2v) is 8.48. The number of hydrogen-bond acceptors (Lipinski definition) is 1. The van der Waals surface area contributed by atoms with Crippen molar-refractivity contribution < 1.29 is 4.79 Å². The predicted molar refractivity (Wildman–Crippen MR) is 120 cm³/mol. The normalized spacial score (nSPS) is 12.2. The second kappa shape index (κ2) is 9.32. The predicted octanol–water partition coefficient (Wildman–Crippen LogP) is 6.19. The van der Waals surface area contributed by atoms with Gasteiger partial charge in [0.05, 0.1) is 6.54 Å². The molecule has 152 valence electrons. The maximum Gasteiger partial charge on any atom is 0.254 e. The Labute approximate surface area is 178 Å². The minimum Gasteiger partial charge on any atom is -0.345 e. The smallest absolute Gasteiger partial charge is 0.254 e. The van der Waals surface area contributed by atoms with Crippen LogP contribution in [-0.2, 0) is 13.1 Å². The van der Waals surface area contributed by atoms with Crippen molar-refractivity contribution in [2.24, 2.45) is 5.92 Å². The quantitative estimate of drug-likeness (QED) is 0.457. The number of benzene rings is 2. The molecule has 3 nitrogen and oxygen atoms in total. The molecule has 0 spiro atoms. The first-order valence-corrected chi connectivity index (χ1v) is 10.5. The largest absolute Gasteiger partial charge is 0.345 e. The molecule has 0 aliphatic carbocycles. The van der Waals surface area contributed by atoms with Gasteiger partial charge >= 0.3 is 0 Å². The van der Waals surface area contributed by atoms with Crippen LogP contribution in [0.1, 0.15) is 48.0 Å². The van der Waals surface area contributed by atoms with E-state index in [2.05, 4.69) is 74.9 Å². The molecule has 0 aliphatic rings. The van der Waals surface area contributed by atoms with Crippen molar-refractivity contribution in [3.63, 3.8) is 0 Å². The highest BCUT2D eigenvalue weighted by atomic mass is 35.5. The summed E-state index contributed by atoms with van der Waals surface area (Å²) in [6.45, 7) is 9.89. The maximum atomic E-state index is 13.3. The molecule has 0 aliphatic heterocycles. The maximum absolute atomic E-state index is 13.3. The van der Waals surface area contributed by atoms with Crippen molar-refractivity contribution in [2.75, 3.05) is 0 Å². The van der Waals surface area contributed by atoms with Gasteiger partial charge in [-0.3, -0.25) is 4.79 Å². The van der Waals surface area contributed by atoms with Crippen molar-refractivity contribution in [1.82, 2.24) is 9.47 Å². The molecule has 0 radical (unpaired) electrons. The van der Waals surface area contributed by atoms with Gasteiger partial charge in [-0.25, -0.2) is 0 Å². The minimum absolute atomic E-state index is 0.0335. The summed E-state index contributed by atoms with van der Waals surface area (Å²) >= 11 is 6.00. The second-order valence-electron chi connectivity index (χ2n) is 8.04. The molecule has 0 saturated heterocycles. The van der Waals surface area contributed by atoms with E-state index in [9.17, 15) is 4.79 Å². The molecule has 0 bridgehead atoms. The zero-order valence-electron chi connectivity index (χ0n) is 17.6. The summed E-state index contributed by atoms with van der Waals surface area (Å²) in [5.74, 6) is 0.387. The third-order valence-corrected chi connectivity index (χ3v) is 5.75. The van der Waals surface area contributed by atoms with Gasteiger partial charge in [-0.1, -0.05) is 55.3 Å². The van der Waals surface area contributed by atoms with Gasteiger partial charge in [0, 0.05) is 35.1 Å². The number of halogens is 1. The summed E-state index contributed by atoms with van der Waals surface area (Å²) in [5, 5.41) is 0.636. The number of carbonyl (C=O) groups is 1. The fraction of sp³-hybridized carbons (Fsp3) is 0.320. The molecule has 0 saturated carbocycles. The van der Waals surface area contributed by atoms with Gasteiger partial charge in [0.1, 0.15) is 0 Å². The minimum atomic E-state index is 0.0335. The van der Waals surface area contributed by atoms with E-state index < -0.39 is 0 Å². The highest BCUT2D eigenvalue weighted by molar-refractivity contribution is 6.30. The first kappa shape index (κ1) is 21.2. The standard InChI is InChI=1S/C25H29ClN2O/c1-18(2)20(4)28(25(29)22-10-12-23(26)13-11-22)17-24-9-6-14-27(24)16-21-8-5-7-19(3)15-21/h5-15,18,20H,16-17H2,1-4H3/t20-/m0/s1. The van der Waals surface area contributed by atoms with E-state index in [1.54, 1.807) is 24.3 Å². The van der Waals surface area contributed by atoms with Crippen molar-refractivity contribution in [3.05, 3.63) is 94.3 Å². The lowest BCUT2D eigenvalue weighted by molar-refractivity contribution is 0.0623. The van der Waals surface area contributed by atoms with Gasteiger partial charge in [-0.2, -0.15) is 0 Å². The molecule has 2 aromatic carbocycles. The van der Waals surface area contributed by atoms with Gasteiger partial charge in [0.25, 0.3) is 5.91 Å². The van der Waals surface area contributed by atoms with Crippen molar-refractivity contribution in [3.8, 4) is 0 Å². The van der Waals surface area contributed by atoms with E-state index >= 15 is 0 Å². The number of nitrogens with zero attached hydrogens (tertiary/aromatic N) is 2. The third-order valence-electron chi connectivity index (χ3n) is 5.50. The zero-order valence-corrected chi connectivity index (χ0v) is 18.4. The van der Waals surface area contributed by atoms with Crippen LogP contribution < -0.4 is 0 Å². The molecular formula is C25H29ClN2O. The molecule has 1 atom stereocenters. The molecule has 29 heavy (non-hydrogen) atoms. The summed E-state index contributed by atoms with van der Waals surface area (Å²) in [6.07, 6.45) is 2.09. The Hall–Kier alpha value is -2.52. The van der Waals surface area contributed by atoms with Crippen LogP contribution in [0.2, 0.25) is 5.02 Å². The Balaban J connectivity index is 1.86. The first-order chi connectivity index (χ1) is 13.8. The highest BCUT2D eigenvalue weighted by Crippen LogP contribution is 2.20. The zero-order chi connectivity index (χ0) is 21.0.